The van der Waals surface area contributed by atoms with Crippen LogP contribution >= 0.6 is 12.4 Å². The third-order valence-corrected chi connectivity index (χ3v) is 4.77. The number of nitrogens with one attached hydrogen (secondary N) is 1. The minimum atomic E-state index is 0. The number of methoxy groups -OCH3 is 1. The zero-order valence-electron chi connectivity index (χ0n) is 12.5. The number of nitrogens with zero attached hydrogens (tertiary/aromatic N) is 2. The SMILES string of the molecule is COc1ccc(Cc2noc(C3CC34CCNC4)n2)cc1.Cl. The Hall–Kier alpha value is -1.59. The van der Waals surface area contributed by atoms with Gasteiger partial charge in [0.05, 0.1) is 7.11 Å². The van der Waals surface area contributed by atoms with Gasteiger partial charge in [-0.05, 0) is 42.5 Å². The van der Waals surface area contributed by atoms with Crippen LogP contribution < -0.4 is 10.1 Å². The molecule has 2 aromatic rings. The summed E-state index contributed by atoms with van der Waals surface area (Å²) in [5, 5.41) is 7.56. The second-order valence-electron chi connectivity index (χ2n) is 6.12. The molecule has 5 nitrogen and oxygen atoms in total. The highest BCUT2D eigenvalue weighted by Crippen LogP contribution is 2.62. The molecule has 2 aliphatic rings. The summed E-state index contributed by atoms with van der Waals surface area (Å²) in [6, 6.07) is 7.98. The van der Waals surface area contributed by atoms with Gasteiger partial charge in [0.15, 0.2) is 5.82 Å². The van der Waals surface area contributed by atoms with Gasteiger partial charge in [0, 0.05) is 18.9 Å². The Morgan fingerprint density at radius 2 is 2.18 bits per heavy atom. The van der Waals surface area contributed by atoms with E-state index in [1.165, 1.54) is 12.8 Å². The van der Waals surface area contributed by atoms with E-state index in [0.29, 0.717) is 17.8 Å². The molecule has 0 amide bonds. The van der Waals surface area contributed by atoms with Gasteiger partial charge in [0.2, 0.25) is 5.89 Å². The van der Waals surface area contributed by atoms with Gasteiger partial charge in [-0.1, -0.05) is 17.3 Å². The molecule has 1 saturated heterocycles. The Morgan fingerprint density at radius 3 is 2.86 bits per heavy atom. The number of aromatic nitrogens is 2. The summed E-state index contributed by atoms with van der Waals surface area (Å²) < 4.78 is 10.6. The van der Waals surface area contributed by atoms with Gasteiger partial charge in [0.1, 0.15) is 5.75 Å². The molecule has 6 heteroatoms. The summed E-state index contributed by atoms with van der Waals surface area (Å²) in [7, 11) is 1.67. The van der Waals surface area contributed by atoms with Crippen LogP contribution in [-0.4, -0.2) is 30.3 Å². The summed E-state index contributed by atoms with van der Waals surface area (Å²) in [6.45, 7) is 2.21. The van der Waals surface area contributed by atoms with Crippen LogP contribution in [-0.2, 0) is 6.42 Å². The molecule has 1 aliphatic heterocycles. The van der Waals surface area contributed by atoms with E-state index in [1.807, 2.05) is 24.3 Å². The number of rotatable bonds is 4. The van der Waals surface area contributed by atoms with Crippen molar-refractivity contribution >= 4 is 12.4 Å². The first kappa shape index (κ1) is 15.3. The van der Waals surface area contributed by atoms with E-state index in [9.17, 15) is 0 Å². The normalized spacial score (nSPS) is 26.0. The largest absolute Gasteiger partial charge is 0.497 e. The van der Waals surface area contributed by atoms with Crippen LogP contribution in [0, 0.1) is 5.41 Å². The Kier molecular flexibility index (Phi) is 4.10. The monoisotopic (exact) mass is 321 g/mol. The van der Waals surface area contributed by atoms with Crippen LogP contribution in [0.5, 0.6) is 5.75 Å². The highest BCUT2D eigenvalue weighted by molar-refractivity contribution is 5.85. The molecule has 4 rings (SSSR count). The van der Waals surface area contributed by atoms with Gasteiger partial charge in [-0.25, -0.2) is 0 Å². The molecule has 0 radical (unpaired) electrons. The molecule has 2 fully saturated rings. The molecule has 1 aromatic heterocycles. The number of halogens is 1. The highest BCUT2D eigenvalue weighted by atomic mass is 35.5. The van der Waals surface area contributed by atoms with E-state index in [2.05, 4.69) is 15.5 Å². The van der Waals surface area contributed by atoms with Crippen molar-refractivity contribution < 1.29 is 9.26 Å². The van der Waals surface area contributed by atoms with Gasteiger partial charge >= 0.3 is 0 Å². The van der Waals surface area contributed by atoms with Crippen molar-refractivity contribution in [2.75, 3.05) is 20.2 Å². The lowest BCUT2D eigenvalue weighted by Gasteiger charge is -2.02. The summed E-state index contributed by atoms with van der Waals surface area (Å²) in [5.41, 5.74) is 1.57. The van der Waals surface area contributed by atoms with Crippen molar-refractivity contribution in [3.05, 3.63) is 41.5 Å². The van der Waals surface area contributed by atoms with Crippen LogP contribution in [0.2, 0.25) is 0 Å². The number of hydrogen-bond acceptors (Lipinski definition) is 5. The van der Waals surface area contributed by atoms with Crippen molar-refractivity contribution in [3.63, 3.8) is 0 Å². The van der Waals surface area contributed by atoms with Crippen molar-refractivity contribution in [1.29, 1.82) is 0 Å². The van der Waals surface area contributed by atoms with Crippen LogP contribution in [0.1, 0.15) is 36.0 Å². The van der Waals surface area contributed by atoms with Crippen molar-refractivity contribution in [2.24, 2.45) is 5.41 Å². The lowest BCUT2D eigenvalue weighted by molar-refractivity contribution is 0.360. The van der Waals surface area contributed by atoms with E-state index in [-0.39, 0.29) is 12.4 Å². The third-order valence-electron chi connectivity index (χ3n) is 4.77. The molecule has 1 aromatic carbocycles. The van der Waals surface area contributed by atoms with E-state index in [1.54, 1.807) is 7.11 Å². The first-order valence-corrected chi connectivity index (χ1v) is 7.45. The van der Waals surface area contributed by atoms with Crippen LogP contribution in [0.15, 0.2) is 28.8 Å². The summed E-state index contributed by atoms with van der Waals surface area (Å²) in [4.78, 5) is 4.59. The molecule has 0 bridgehead atoms. The highest BCUT2D eigenvalue weighted by Gasteiger charge is 2.58. The molecule has 1 saturated carbocycles. The average molecular weight is 322 g/mol. The van der Waals surface area contributed by atoms with E-state index in [4.69, 9.17) is 9.26 Å². The minimum Gasteiger partial charge on any atom is -0.497 e. The predicted octanol–water partition coefficient (Wildman–Crippen LogP) is 2.56. The van der Waals surface area contributed by atoms with Gasteiger partial charge in [-0.15, -0.1) is 12.4 Å². The second kappa shape index (κ2) is 5.89. The Morgan fingerprint density at radius 1 is 1.36 bits per heavy atom. The van der Waals surface area contributed by atoms with E-state index < -0.39 is 0 Å². The number of hydrogen-bond donors (Lipinski definition) is 1. The third kappa shape index (κ3) is 2.71. The quantitative estimate of drug-likeness (QED) is 0.937. The molecule has 1 N–H and O–H groups in total. The van der Waals surface area contributed by atoms with E-state index in [0.717, 1.165) is 36.1 Å². The zero-order valence-corrected chi connectivity index (χ0v) is 13.4. The summed E-state index contributed by atoms with van der Waals surface area (Å²) >= 11 is 0. The molecule has 22 heavy (non-hydrogen) atoms. The fourth-order valence-corrected chi connectivity index (χ4v) is 3.34. The molecular weight excluding hydrogens is 302 g/mol. The predicted molar refractivity (Wildman–Crippen MR) is 84.6 cm³/mol. The standard InChI is InChI=1S/C16H19N3O2.ClH/c1-20-12-4-2-11(3-5-12)8-14-18-15(21-19-14)13-9-16(13)6-7-17-10-16;/h2-5,13,17H,6-10H2,1H3;1H. The molecular formula is C16H20ClN3O2. The maximum atomic E-state index is 5.48. The summed E-state index contributed by atoms with van der Waals surface area (Å²) in [6.07, 6.45) is 3.11. The van der Waals surface area contributed by atoms with Crippen molar-refractivity contribution in [2.45, 2.75) is 25.2 Å². The Labute approximate surface area is 135 Å². The summed E-state index contributed by atoms with van der Waals surface area (Å²) in [5.74, 6) is 2.91. The van der Waals surface area contributed by atoms with Gasteiger partial charge in [-0.2, -0.15) is 4.98 Å². The Balaban J connectivity index is 0.00000144. The zero-order chi connectivity index (χ0) is 14.3. The smallest absolute Gasteiger partial charge is 0.230 e. The Bertz CT molecular complexity index is 635. The maximum Gasteiger partial charge on any atom is 0.230 e. The topological polar surface area (TPSA) is 60.2 Å². The number of benzene rings is 1. The maximum absolute atomic E-state index is 5.48. The molecule has 2 atom stereocenters. The second-order valence-corrected chi connectivity index (χ2v) is 6.12. The lowest BCUT2D eigenvalue weighted by atomic mass is 10.0. The first-order chi connectivity index (χ1) is 10.3. The lowest BCUT2D eigenvalue weighted by Crippen LogP contribution is -2.10. The molecule has 1 aliphatic carbocycles. The average Bonchev–Trinajstić information content (AvgIpc) is 2.86. The molecule has 118 valence electrons. The van der Waals surface area contributed by atoms with Crippen LogP contribution in [0.3, 0.4) is 0 Å². The fraction of sp³-hybridized carbons (Fsp3) is 0.500. The molecule has 2 heterocycles. The van der Waals surface area contributed by atoms with Gasteiger partial charge < -0.3 is 14.6 Å². The van der Waals surface area contributed by atoms with E-state index >= 15 is 0 Å². The number of ether oxygens (including phenoxy) is 1. The van der Waals surface area contributed by atoms with Crippen molar-refractivity contribution in [3.8, 4) is 5.75 Å². The fourth-order valence-electron chi connectivity index (χ4n) is 3.34. The van der Waals surface area contributed by atoms with Crippen LogP contribution in [0.4, 0.5) is 0 Å². The first-order valence-electron chi connectivity index (χ1n) is 7.45. The van der Waals surface area contributed by atoms with Crippen molar-refractivity contribution in [1.82, 2.24) is 15.5 Å². The van der Waals surface area contributed by atoms with Gasteiger partial charge in [-0.3, -0.25) is 0 Å². The minimum absolute atomic E-state index is 0. The van der Waals surface area contributed by atoms with Crippen LogP contribution in [0.25, 0.3) is 0 Å². The molecule has 1 spiro atoms. The van der Waals surface area contributed by atoms with Gasteiger partial charge in [0.25, 0.3) is 0 Å². The molecule has 2 unspecified atom stereocenters.